The number of thiazole rings is 1. The van der Waals surface area contributed by atoms with Gasteiger partial charge in [0.15, 0.2) is 5.13 Å². The van der Waals surface area contributed by atoms with E-state index in [-0.39, 0.29) is 0 Å². The van der Waals surface area contributed by atoms with Gasteiger partial charge < -0.3 is 5.32 Å². The van der Waals surface area contributed by atoms with Crippen molar-refractivity contribution >= 4 is 16.5 Å². The van der Waals surface area contributed by atoms with Crippen molar-refractivity contribution in [1.29, 1.82) is 0 Å². The van der Waals surface area contributed by atoms with Crippen LogP contribution in [0.4, 0.5) is 5.13 Å². The van der Waals surface area contributed by atoms with E-state index in [0.29, 0.717) is 11.8 Å². The second kappa shape index (κ2) is 5.96. The normalized spacial score (nSPS) is 18.1. The van der Waals surface area contributed by atoms with E-state index < -0.39 is 0 Å². The number of nitrogens with zero attached hydrogens (tertiary/aromatic N) is 1. The molecule has 0 saturated carbocycles. The molecule has 3 heteroatoms. The molecule has 0 radical (unpaired) electrons. The zero-order valence-corrected chi connectivity index (χ0v) is 13.0. The standard InChI is InChI=1S/C17H22N2S/c1-12(2)11-18-17-19-15-9-8-14(10-16(15)20-17)13-6-4-3-5-7-13/h3-7,12,14H,8-11H2,1-2H3,(H,18,19). The fourth-order valence-electron chi connectivity index (χ4n) is 2.75. The van der Waals surface area contributed by atoms with Crippen LogP contribution in [0, 0.1) is 5.92 Å². The Morgan fingerprint density at radius 1 is 1.30 bits per heavy atom. The number of fused-ring (bicyclic) bond motifs is 1. The predicted octanol–water partition coefficient (Wildman–Crippen LogP) is 4.48. The van der Waals surface area contributed by atoms with Crippen LogP contribution < -0.4 is 5.32 Å². The highest BCUT2D eigenvalue weighted by Gasteiger charge is 2.23. The molecule has 3 rings (SSSR count). The van der Waals surface area contributed by atoms with Gasteiger partial charge in [-0.05, 0) is 36.7 Å². The van der Waals surface area contributed by atoms with Gasteiger partial charge in [0.2, 0.25) is 0 Å². The van der Waals surface area contributed by atoms with Gasteiger partial charge in [0.05, 0.1) is 5.69 Å². The minimum Gasteiger partial charge on any atom is -0.361 e. The van der Waals surface area contributed by atoms with Crippen molar-refractivity contribution in [3.63, 3.8) is 0 Å². The Bertz CT molecular complexity index is 560. The third kappa shape index (κ3) is 3.04. The van der Waals surface area contributed by atoms with Crippen LogP contribution in [-0.4, -0.2) is 11.5 Å². The van der Waals surface area contributed by atoms with Gasteiger partial charge in [0.1, 0.15) is 0 Å². The molecule has 1 aromatic carbocycles. The number of hydrogen-bond donors (Lipinski definition) is 1. The molecule has 106 valence electrons. The summed E-state index contributed by atoms with van der Waals surface area (Å²) in [4.78, 5) is 6.24. The predicted molar refractivity (Wildman–Crippen MR) is 86.6 cm³/mol. The lowest BCUT2D eigenvalue weighted by molar-refractivity contribution is 0.584. The maximum absolute atomic E-state index is 4.76. The summed E-state index contributed by atoms with van der Waals surface area (Å²) in [6, 6.07) is 10.9. The number of nitrogens with one attached hydrogen (secondary N) is 1. The molecule has 0 amide bonds. The van der Waals surface area contributed by atoms with E-state index in [4.69, 9.17) is 4.98 Å². The molecule has 1 heterocycles. The summed E-state index contributed by atoms with van der Waals surface area (Å²) in [7, 11) is 0. The Labute approximate surface area is 125 Å². The number of aromatic nitrogens is 1. The first-order valence-corrected chi connectivity index (χ1v) is 8.31. The summed E-state index contributed by atoms with van der Waals surface area (Å²) >= 11 is 1.85. The fourth-order valence-corrected chi connectivity index (χ4v) is 3.85. The Kier molecular flexibility index (Phi) is 4.06. The van der Waals surface area contributed by atoms with Crippen molar-refractivity contribution in [3.8, 4) is 0 Å². The number of rotatable bonds is 4. The van der Waals surface area contributed by atoms with Crippen LogP contribution in [0.5, 0.6) is 0 Å². The monoisotopic (exact) mass is 286 g/mol. The van der Waals surface area contributed by atoms with E-state index in [1.165, 1.54) is 22.6 Å². The van der Waals surface area contributed by atoms with Crippen LogP contribution in [0.3, 0.4) is 0 Å². The molecule has 20 heavy (non-hydrogen) atoms. The molecule has 0 bridgehead atoms. The van der Waals surface area contributed by atoms with Crippen LogP contribution >= 0.6 is 11.3 Å². The van der Waals surface area contributed by atoms with Gasteiger partial charge in [0, 0.05) is 11.4 Å². The minimum absolute atomic E-state index is 0.660. The molecule has 1 N–H and O–H groups in total. The van der Waals surface area contributed by atoms with Crippen LogP contribution in [0.25, 0.3) is 0 Å². The van der Waals surface area contributed by atoms with Crippen LogP contribution in [0.2, 0.25) is 0 Å². The summed E-state index contributed by atoms with van der Waals surface area (Å²) in [6.07, 6.45) is 3.50. The third-order valence-electron chi connectivity index (χ3n) is 3.87. The second-order valence-corrected chi connectivity index (χ2v) is 7.10. The molecule has 2 nitrogen and oxygen atoms in total. The summed E-state index contributed by atoms with van der Waals surface area (Å²) in [5.74, 6) is 1.33. The van der Waals surface area contributed by atoms with Gasteiger partial charge in [-0.25, -0.2) is 4.98 Å². The lowest BCUT2D eigenvalue weighted by atomic mass is 9.85. The third-order valence-corrected chi connectivity index (χ3v) is 4.95. The van der Waals surface area contributed by atoms with Crippen molar-refractivity contribution in [2.24, 2.45) is 5.92 Å². The molecule has 2 aromatic rings. The lowest BCUT2D eigenvalue weighted by Gasteiger charge is -2.21. The average molecular weight is 286 g/mol. The maximum Gasteiger partial charge on any atom is 0.183 e. The smallest absolute Gasteiger partial charge is 0.183 e. The van der Waals surface area contributed by atoms with Crippen molar-refractivity contribution in [1.82, 2.24) is 4.98 Å². The molecular formula is C17H22N2S. The summed E-state index contributed by atoms with van der Waals surface area (Å²) in [6.45, 7) is 5.46. The summed E-state index contributed by atoms with van der Waals surface area (Å²) in [5.41, 5.74) is 2.80. The number of benzene rings is 1. The fraction of sp³-hybridized carbons (Fsp3) is 0.471. The van der Waals surface area contributed by atoms with Crippen molar-refractivity contribution in [2.45, 2.75) is 39.0 Å². The maximum atomic E-state index is 4.76. The molecule has 0 saturated heterocycles. The molecule has 0 aliphatic heterocycles. The van der Waals surface area contributed by atoms with Crippen molar-refractivity contribution in [2.75, 3.05) is 11.9 Å². The van der Waals surface area contributed by atoms with E-state index in [2.05, 4.69) is 49.5 Å². The first-order valence-electron chi connectivity index (χ1n) is 7.49. The molecule has 1 unspecified atom stereocenters. The number of aryl methyl sites for hydroxylation is 1. The van der Waals surface area contributed by atoms with Gasteiger partial charge in [-0.15, -0.1) is 11.3 Å². The molecule has 0 fully saturated rings. The SMILES string of the molecule is CC(C)CNc1nc2c(s1)CC(c1ccccc1)CC2. The Morgan fingerprint density at radius 2 is 2.10 bits per heavy atom. The highest BCUT2D eigenvalue weighted by atomic mass is 32.1. The zero-order chi connectivity index (χ0) is 13.9. The molecule has 1 aliphatic carbocycles. The molecular weight excluding hydrogens is 264 g/mol. The zero-order valence-electron chi connectivity index (χ0n) is 12.2. The Morgan fingerprint density at radius 3 is 2.85 bits per heavy atom. The largest absolute Gasteiger partial charge is 0.361 e. The second-order valence-electron chi connectivity index (χ2n) is 6.01. The van der Waals surface area contributed by atoms with Crippen LogP contribution in [0.15, 0.2) is 30.3 Å². The van der Waals surface area contributed by atoms with E-state index in [0.717, 1.165) is 24.5 Å². The Balaban J connectivity index is 1.71. The topological polar surface area (TPSA) is 24.9 Å². The summed E-state index contributed by atoms with van der Waals surface area (Å²) in [5, 5.41) is 4.57. The highest BCUT2D eigenvalue weighted by Crippen LogP contribution is 2.36. The van der Waals surface area contributed by atoms with Gasteiger partial charge in [-0.2, -0.15) is 0 Å². The van der Waals surface area contributed by atoms with Gasteiger partial charge in [-0.3, -0.25) is 0 Å². The van der Waals surface area contributed by atoms with Crippen molar-refractivity contribution in [3.05, 3.63) is 46.5 Å². The van der Waals surface area contributed by atoms with Crippen molar-refractivity contribution < 1.29 is 0 Å². The Hall–Kier alpha value is -1.35. The first kappa shape index (κ1) is 13.6. The first-order chi connectivity index (χ1) is 9.72. The van der Waals surface area contributed by atoms with Gasteiger partial charge >= 0.3 is 0 Å². The van der Waals surface area contributed by atoms with Crippen LogP contribution in [0.1, 0.15) is 42.3 Å². The molecule has 1 aromatic heterocycles. The van der Waals surface area contributed by atoms with E-state index in [9.17, 15) is 0 Å². The molecule has 0 spiro atoms. The lowest BCUT2D eigenvalue weighted by Crippen LogP contribution is -2.11. The van der Waals surface area contributed by atoms with Crippen LogP contribution in [-0.2, 0) is 12.8 Å². The number of anilines is 1. The molecule has 1 atom stereocenters. The quantitative estimate of drug-likeness (QED) is 0.896. The minimum atomic E-state index is 0.660. The van der Waals surface area contributed by atoms with E-state index in [1.54, 1.807) is 0 Å². The van der Waals surface area contributed by atoms with E-state index in [1.807, 2.05) is 11.3 Å². The molecule has 1 aliphatic rings. The highest BCUT2D eigenvalue weighted by molar-refractivity contribution is 7.15. The number of hydrogen-bond acceptors (Lipinski definition) is 3. The summed E-state index contributed by atoms with van der Waals surface area (Å²) < 4.78 is 0. The van der Waals surface area contributed by atoms with Gasteiger partial charge in [0.25, 0.3) is 0 Å². The van der Waals surface area contributed by atoms with E-state index >= 15 is 0 Å². The average Bonchev–Trinajstić information content (AvgIpc) is 2.88. The van der Waals surface area contributed by atoms with Gasteiger partial charge in [-0.1, -0.05) is 44.2 Å².